The molecule has 9 aromatic rings. The lowest BCUT2D eigenvalue weighted by Gasteiger charge is -2.20. The molecule has 3 heterocycles. The summed E-state index contributed by atoms with van der Waals surface area (Å²) in [5.41, 5.74) is 7.06. The molecule has 0 aliphatic rings. The van der Waals surface area contributed by atoms with Crippen molar-refractivity contribution in [3.8, 4) is 5.69 Å². The van der Waals surface area contributed by atoms with Crippen LogP contribution >= 0.6 is 22.7 Å². The molecule has 0 fully saturated rings. The van der Waals surface area contributed by atoms with E-state index >= 15 is 0 Å². The predicted molar refractivity (Wildman–Crippen MR) is 184 cm³/mol. The summed E-state index contributed by atoms with van der Waals surface area (Å²) >= 11 is 3.60. The fraction of sp³-hybridized carbons (Fsp3) is 0.0541. The van der Waals surface area contributed by atoms with Gasteiger partial charge in [0, 0.05) is 49.4 Å². The number of hydrogen-bond donors (Lipinski definition) is 0. The van der Waals surface area contributed by atoms with E-state index in [0.29, 0.717) is 0 Å². The van der Waals surface area contributed by atoms with Gasteiger partial charge in [0.05, 0.1) is 21.3 Å². The van der Waals surface area contributed by atoms with Crippen LogP contribution in [0, 0.1) is 6.92 Å². The van der Waals surface area contributed by atoms with E-state index in [4.69, 9.17) is 4.98 Å². The van der Waals surface area contributed by atoms with Crippen molar-refractivity contribution < 1.29 is 0 Å². The van der Waals surface area contributed by atoms with Crippen LogP contribution in [0.1, 0.15) is 5.56 Å². The second-order valence-corrected chi connectivity index (χ2v) is 13.0. The Morgan fingerprint density at radius 1 is 0.619 bits per heavy atom. The number of benzene rings is 6. The molecule has 3 aromatic heterocycles. The van der Waals surface area contributed by atoms with Crippen LogP contribution in [0.15, 0.2) is 115 Å². The lowest BCUT2D eigenvalue weighted by Crippen LogP contribution is -2.11. The zero-order valence-electron chi connectivity index (χ0n) is 23.1. The van der Waals surface area contributed by atoms with Crippen LogP contribution in [-0.2, 0) is 0 Å². The Labute approximate surface area is 250 Å². The summed E-state index contributed by atoms with van der Waals surface area (Å²) < 4.78 is 6.23. The maximum Gasteiger partial charge on any atom is 0.190 e. The molecule has 0 spiro atoms. The number of anilines is 2. The van der Waals surface area contributed by atoms with Gasteiger partial charge in [0.25, 0.3) is 0 Å². The van der Waals surface area contributed by atoms with Crippen LogP contribution in [0.3, 0.4) is 0 Å². The number of nitrogens with zero attached hydrogens (tertiary/aromatic N) is 3. The Morgan fingerprint density at radius 2 is 1.38 bits per heavy atom. The number of fused-ring (bicyclic) bond motifs is 10. The molecule has 42 heavy (non-hydrogen) atoms. The molecule has 0 unspecified atom stereocenters. The highest BCUT2D eigenvalue weighted by Gasteiger charge is 2.19. The van der Waals surface area contributed by atoms with Crippen molar-refractivity contribution in [3.63, 3.8) is 0 Å². The van der Waals surface area contributed by atoms with Gasteiger partial charge in [-0.25, -0.2) is 4.98 Å². The Morgan fingerprint density at radius 3 is 2.29 bits per heavy atom. The molecule has 0 N–H and O–H groups in total. The molecular formula is C37H25N3S2. The molecule has 0 atom stereocenters. The first-order chi connectivity index (χ1) is 20.7. The number of aryl methyl sites for hydroxylation is 1. The lowest BCUT2D eigenvalue weighted by atomic mass is 10.0. The minimum atomic E-state index is 1.00. The number of aromatic nitrogens is 2. The van der Waals surface area contributed by atoms with Crippen LogP contribution in [0.5, 0.6) is 0 Å². The standard InChI is InChI=1S/C37H25N3S2/c1-22-15-17-24(40-28-13-7-5-11-26(28)34-25-10-4-3-9-23(25)16-18-29(34)40)21-30(22)39(2)37-38-36-33(42-37)20-19-32-35(36)27-12-6-8-14-31(27)41-32/h3-21H,1-2H3. The van der Waals surface area contributed by atoms with Gasteiger partial charge in [0.2, 0.25) is 0 Å². The summed E-state index contributed by atoms with van der Waals surface area (Å²) in [6.07, 6.45) is 0. The van der Waals surface area contributed by atoms with E-state index in [0.717, 1.165) is 22.0 Å². The molecule has 0 amide bonds. The van der Waals surface area contributed by atoms with E-state index in [2.05, 4.69) is 139 Å². The number of rotatable bonds is 3. The third-order valence-corrected chi connectivity index (χ3v) is 10.8. The van der Waals surface area contributed by atoms with Gasteiger partial charge in [-0.05, 0) is 65.7 Å². The molecular weight excluding hydrogens is 551 g/mol. The minimum absolute atomic E-state index is 1.00. The van der Waals surface area contributed by atoms with Crippen LogP contribution in [-0.4, -0.2) is 16.6 Å². The van der Waals surface area contributed by atoms with Crippen molar-refractivity contribution in [1.29, 1.82) is 0 Å². The molecule has 0 saturated carbocycles. The molecule has 6 aromatic carbocycles. The average Bonchev–Trinajstić information content (AvgIpc) is 3.72. The van der Waals surface area contributed by atoms with E-state index in [-0.39, 0.29) is 0 Å². The van der Waals surface area contributed by atoms with Gasteiger partial charge >= 0.3 is 0 Å². The van der Waals surface area contributed by atoms with Crippen molar-refractivity contribution >= 4 is 96.5 Å². The van der Waals surface area contributed by atoms with Gasteiger partial charge in [-0.1, -0.05) is 84.1 Å². The molecule has 0 radical (unpaired) electrons. The smallest absolute Gasteiger partial charge is 0.190 e. The normalized spacial score (nSPS) is 12.0. The van der Waals surface area contributed by atoms with Crippen LogP contribution in [0.4, 0.5) is 10.8 Å². The van der Waals surface area contributed by atoms with E-state index in [1.807, 2.05) is 11.3 Å². The van der Waals surface area contributed by atoms with Crippen molar-refractivity contribution in [2.45, 2.75) is 6.92 Å². The highest BCUT2D eigenvalue weighted by molar-refractivity contribution is 7.26. The average molecular weight is 576 g/mol. The van der Waals surface area contributed by atoms with Crippen molar-refractivity contribution in [2.24, 2.45) is 0 Å². The van der Waals surface area contributed by atoms with E-state index in [1.54, 1.807) is 11.3 Å². The van der Waals surface area contributed by atoms with Crippen molar-refractivity contribution in [1.82, 2.24) is 9.55 Å². The SMILES string of the molecule is Cc1ccc(-n2c3ccccc3c3c4ccccc4ccc32)cc1N(C)c1nc2c(ccc3sc4ccccc4c32)s1. The molecule has 200 valence electrons. The van der Waals surface area contributed by atoms with Gasteiger partial charge in [-0.2, -0.15) is 0 Å². The van der Waals surface area contributed by atoms with E-state index < -0.39 is 0 Å². The topological polar surface area (TPSA) is 21.1 Å². The largest absolute Gasteiger partial charge is 0.321 e. The second kappa shape index (κ2) is 8.89. The van der Waals surface area contributed by atoms with Crippen LogP contribution < -0.4 is 4.90 Å². The van der Waals surface area contributed by atoms with Gasteiger partial charge in [-0.15, -0.1) is 11.3 Å². The highest BCUT2D eigenvalue weighted by atomic mass is 32.1. The van der Waals surface area contributed by atoms with Crippen LogP contribution in [0.25, 0.3) is 68.7 Å². The number of thiophene rings is 1. The Kier molecular flexibility index (Phi) is 5.07. The molecule has 0 saturated heterocycles. The van der Waals surface area contributed by atoms with Gasteiger partial charge in [0.1, 0.15) is 0 Å². The first kappa shape index (κ1) is 23.9. The Hall–Kier alpha value is -4.71. The lowest BCUT2D eigenvalue weighted by molar-refractivity contribution is 1.13. The molecule has 3 nitrogen and oxygen atoms in total. The third kappa shape index (κ3) is 3.35. The number of para-hydroxylation sites is 1. The summed E-state index contributed by atoms with van der Waals surface area (Å²) in [4.78, 5) is 7.51. The molecule has 0 aliphatic heterocycles. The molecule has 9 rings (SSSR count). The Bertz CT molecular complexity index is 2510. The molecule has 5 heteroatoms. The maximum atomic E-state index is 5.25. The Balaban J connectivity index is 1.24. The fourth-order valence-electron chi connectivity index (χ4n) is 6.55. The summed E-state index contributed by atoms with van der Waals surface area (Å²) in [6, 6.07) is 41.9. The zero-order chi connectivity index (χ0) is 27.9. The molecule has 0 bridgehead atoms. The van der Waals surface area contributed by atoms with Crippen molar-refractivity contribution in [3.05, 3.63) is 121 Å². The second-order valence-electron chi connectivity index (χ2n) is 10.9. The summed E-state index contributed by atoms with van der Waals surface area (Å²) in [6.45, 7) is 2.19. The maximum absolute atomic E-state index is 5.25. The van der Waals surface area contributed by atoms with Gasteiger partial charge < -0.3 is 9.47 Å². The monoisotopic (exact) mass is 575 g/mol. The minimum Gasteiger partial charge on any atom is -0.321 e. The van der Waals surface area contributed by atoms with E-state index in [1.165, 1.54) is 63.0 Å². The first-order valence-corrected chi connectivity index (χ1v) is 15.8. The number of hydrogen-bond acceptors (Lipinski definition) is 4. The highest BCUT2D eigenvalue weighted by Crippen LogP contribution is 2.43. The summed E-state index contributed by atoms with van der Waals surface area (Å²) in [5, 5.41) is 8.69. The zero-order valence-corrected chi connectivity index (χ0v) is 24.8. The van der Waals surface area contributed by atoms with Gasteiger partial charge in [-0.3, -0.25) is 0 Å². The van der Waals surface area contributed by atoms with E-state index in [9.17, 15) is 0 Å². The third-order valence-electron chi connectivity index (χ3n) is 8.55. The fourth-order valence-corrected chi connectivity index (χ4v) is 8.61. The first-order valence-electron chi connectivity index (χ1n) is 14.1. The van der Waals surface area contributed by atoms with Gasteiger partial charge in [0.15, 0.2) is 5.13 Å². The number of thiazole rings is 1. The quantitative estimate of drug-likeness (QED) is 0.209. The predicted octanol–water partition coefficient (Wildman–Crippen LogP) is 11.0. The van der Waals surface area contributed by atoms with Crippen molar-refractivity contribution in [2.75, 3.05) is 11.9 Å². The summed E-state index contributed by atoms with van der Waals surface area (Å²) in [5.74, 6) is 0. The van der Waals surface area contributed by atoms with Crippen LogP contribution in [0.2, 0.25) is 0 Å². The molecule has 0 aliphatic carbocycles. The summed E-state index contributed by atoms with van der Waals surface area (Å²) in [7, 11) is 2.14.